The van der Waals surface area contributed by atoms with E-state index in [1.807, 2.05) is 0 Å². The quantitative estimate of drug-likeness (QED) is 0.227. The molecule has 206 valence electrons. The SMILES string of the molecule is CC(O)C(NC(=O)C1=CC2OCOC2C(OC(=O)c2cccc(C=CC(=O)N(C)C)c2)C1)C(=O)NCCO. The number of nitrogens with one attached hydrogen (secondary N) is 2. The van der Waals surface area contributed by atoms with Gasteiger partial charge in [-0.15, -0.1) is 0 Å². The van der Waals surface area contributed by atoms with Crippen LogP contribution in [0.4, 0.5) is 0 Å². The Balaban J connectivity index is 1.71. The van der Waals surface area contributed by atoms with E-state index in [1.54, 1.807) is 50.5 Å². The van der Waals surface area contributed by atoms with Crippen LogP contribution in [0.5, 0.6) is 0 Å². The molecule has 5 atom stereocenters. The van der Waals surface area contributed by atoms with Crippen molar-refractivity contribution in [2.24, 2.45) is 0 Å². The van der Waals surface area contributed by atoms with Gasteiger partial charge in [0.05, 0.1) is 18.3 Å². The molecule has 1 aliphatic carbocycles. The van der Waals surface area contributed by atoms with E-state index in [1.165, 1.54) is 17.9 Å². The number of hydrogen-bond donors (Lipinski definition) is 4. The average Bonchev–Trinajstić information content (AvgIpc) is 3.37. The highest BCUT2D eigenvalue weighted by Crippen LogP contribution is 2.31. The van der Waals surface area contributed by atoms with Gasteiger partial charge in [-0.2, -0.15) is 0 Å². The molecule has 1 aliphatic heterocycles. The molecule has 3 rings (SSSR count). The van der Waals surface area contributed by atoms with Crippen LogP contribution in [0.1, 0.15) is 29.3 Å². The summed E-state index contributed by atoms with van der Waals surface area (Å²) in [5.74, 6) is -2.14. The fourth-order valence-electron chi connectivity index (χ4n) is 3.94. The molecule has 1 aromatic carbocycles. The highest BCUT2D eigenvalue weighted by Gasteiger charge is 2.43. The van der Waals surface area contributed by atoms with Crippen LogP contribution >= 0.6 is 0 Å². The van der Waals surface area contributed by atoms with Gasteiger partial charge in [0.2, 0.25) is 17.7 Å². The molecular weight excluding hydrogens is 498 g/mol. The summed E-state index contributed by atoms with van der Waals surface area (Å²) in [6.45, 7) is 0.983. The second-order valence-corrected chi connectivity index (χ2v) is 9.12. The fraction of sp³-hybridized carbons (Fsp3) is 0.462. The van der Waals surface area contributed by atoms with Crippen LogP contribution in [-0.2, 0) is 28.6 Å². The van der Waals surface area contributed by atoms with Gasteiger partial charge in [0, 0.05) is 38.7 Å². The van der Waals surface area contributed by atoms with Crippen molar-refractivity contribution in [1.29, 1.82) is 0 Å². The molecule has 2 aliphatic rings. The van der Waals surface area contributed by atoms with Crippen molar-refractivity contribution in [1.82, 2.24) is 15.5 Å². The maximum absolute atomic E-state index is 13.0. The van der Waals surface area contributed by atoms with Crippen molar-refractivity contribution >= 4 is 29.8 Å². The monoisotopic (exact) mass is 531 g/mol. The number of ether oxygens (including phenoxy) is 3. The molecule has 12 nitrogen and oxygen atoms in total. The Hall–Kier alpha value is -3.58. The summed E-state index contributed by atoms with van der Waals surface area (Å²) < 4.78 is 16.8. The Morgan fingerprint density at radius 2 is 2.00 bits per heavy atom. The summed E-state index contributed by atoms with van der Waals surface area (Å²) in [4.78, 5) is 51.5. The minimum atomic E-state index is -1.26. The van der Waals surface area contributed by atoms with Gasteiger partial charge < -0.3 is 40.0 Å². The summed E-state index contributed by atoms with van der Waals surface area (Å²) in [5.41, 5.74) is 1.07. The number of benzene rings is 1. The van der Waals surface area contributed by atoms with Gasteiger partial charge in [-0.05, 0) is 36.8 Å². The molecule has 0 bridgehead atoms. The Morgan fingerprint density at radius 1 is 1.24 bits per heavy atom. The summed E-state index contributed by atoms with van der Waals surface area (Å²) in [6.07, 6.45) is 1.18. The van der Waals surface area contributed by atoms with Gasteiger partial charge in [-0.1, -0.05) is 12.1 Å². The standard InChI is InChI=1S/C26H33N3O9/c1-15(31)22(25(34)27-9-10-30)28-24(33)18-12-19-23(37-14-36-19)20(13-18)38-26(35)17-6-4-5-16(11-17)7-8-21(32)29(2)3/h4-8,11-12,15,19-20,22-23,30-31H,9-10,13-14H2,1-3H3,(H,27,34)(H,28,33). The molecule has 0 aromatic heterocycles. The molecule has 0 spiro atoms. The van der Waals surface area contributed by atoms with Crippen LogP contribution in [0.2, 0.25) is 0 Å². The molecule has 1 aromatic rings. The Bertz CT molecular complexity index is 1100. The smallest absolute Gasteiger partial charge is 0.338 e. The number of carbonyl (C=O) groups excluding carboxylic acids is 4. The lowest BCUT2D eigenvalue weighted by atomic mass is 9.91. The zero-order valence-electron chi connectivity index (χ0n) is 21.5. The molecule has 1 fully saturated rings. The van der Waals surface area contributed by atoms with Crippen molar-refractivity contribution in [3.8, 4) is 0 Å². The van der Waals surface area contributed by atoms with E-state index in [0.717, 1.165) is 0 Å². The third kappa shape index (κ3) is 7.48. The lowest BCUT2D eigenvalue weighted by Gasteiger charge is -2.31. The number of aliphatic hydroxyl groups excluding tert-OH is 2. The summed E-state index contributed by atoms with van der Waals surface area (Å²) in [7, 11) is 3.26. The van der Waals surface area contributed by atoms with Crippen molar-refractivity contribution in [2.45, 2.75) is 43.8 Å². The van der Waals surface area contributed by atoms with Gasteiger partial charge in [0.15, 0.2) is 0 Å². The van der Waals surface area contributed by atoms with E-state index in [-0.39, 0.29) is 43.4 Å². The fourth-order valence-corrected chi connectivity index (χ4v) is 3.94. The first kappa shape index (κ1) is 29.0. The zero-order chi connectivity index (χ0) is 27.8. The molecule has 0 saturated carbocycles. The first-order valence-corrected chi connectivity index (χ1v) is 12.1. The maximum atomic E-state index is 13.0. The number of hydrogen-bond acceptors (Lipinski definition) is 9. The van der Waals surface area contributed by atoms with Crippen LogP contribution in [0, 0.1) is 0 Å². The van der Waals surface area contributed by atoms with Crippen LogP contribution in [0.3, 0.4) is 0 Å². The van der Waals surface area contributed by atoms with E-state index < -0.39 is 48.2 Å². The third-order valence-corrected chi connectivity index (χ3v) is 5.99. The molecular formula is C26H33N3O9. The Kier molecular flexibility index (Phi) is 10.1. The lowest BCUT2D eigenvalue weighted by molar-refractivity contribution is -0.130. The molecule has 0 radical (unpaired) electrons. The normalized spacial score (nSPS) is 22.1. The Labute approximate surface area is 220 Å². The number of fused-ring (bicyclic) bond motifs is 1. The van der Waals surface area contributed by atoms with Gasteiger partial charge in [0.25, 0.3) is 0 Å². The molecule has 4 N–H and O–H groups in total. The van der Waals surface area contributed by atoms with Crippen molar-refractivity contribution in [2.75, 3.05) is 34.0 Å². The minimum Gasteiger partial charge on any atom is -0.456 e. The molecule has 1 saturated heterocycles. The van der Waals surface area contributed by atoms with E-state index in [4.69, 9.17) is 19.3 Å². The first-order chi connectivity index (χ1) is 18.1. The second-order valence-electron chi connectivity index (χ2n) is 9.12. The average molecular weight is 532 g/mol. The van der Waals surface area contributed by atoms with Gasteiger partial charge in [-0.3, -0.25) is 14.4 Å². The van der Waals surface area contributed by atoms with Gasteiger partial charge in [-0.25, -0.2) is 4.79 Å². The minimum absolute atomic E-state index is 0.0101. The highest BCUT2D eigenvalue weighted by molar-refractivity contribution is 5.98. The van der Waals surface area contributed by atoms with Crippen LogP contribution < -0.4 is 10.6 Å². The predicted molar refractivity (Wildman–Crippen MR) is 134 cm³/mol. The molecule has 5 unspecified atom stereocenters. The number of likely N-dealkylation sites (N-methyl/N-ethyl adjacent to an activating group) is 1. The topological polar surface area (TPSA) is 164 Å². The first-order valence-electron chi connectivity index (χ1n) is 12.1. The maximum Gasteiger partial charge on any atom is 0.338 e. The van der Waals surface area contributed by atoms with E-state index >= 15 is 0 Å². The van der Waals surface area contributed by atoms with Crippen molar-refractivity contribution in [3.05, 3.63) is 53.1 Å². The summed E-state index contributed by atoms with van der Waals surface area (Å²) in [5, 5.41) is 23.8. The number of amides is 3. The number of aliphatic hydroxyl groups is 2. The van der Waals surface area contributed by atoms with Crippen molar-refractivity contribution < 1.29 is 43.6 Å². The summed E-state index contributed by atoms with van der Waals surface area (Å²) >= 11 is 0. The molecule has 3 amide bonds. The molecule has 38 heavy (non-hydrogen) atoms. The van der Waals surface area contributed by atoms with E-state index in [0.29, 0.717) is 5.56 Å². The number of carbonyl (C=O) groups is 4. The second kappa shape index (κ2) is 13.3. The third-order valence-electron chi connectivity index (χ3n) is 5.99. The lowest BCUT2D eigenvalue weighted by Crippen LogP contribution is -2.54. The zero-order valence-corrected chi connectivity index (χ0v) is 21.5. The number of rotatable bonds is 10. The van der Waals surface area contributed by atoms with Gasteiger partial charge in [0.1, 0.15) is 31.1 Å². The Morgan fingerprint density at radius 3 is 2.68 bits per heavy atom. The highest BCUT2D eigenvalue weighted by atomic mass is 16.7. The van der Waals surface area contributed by atoms with E-state index in [9.17, 15) is 24.3 Å². The summed E-state index contributed by atoms with van der Waals surface area (Å²) in [6, 6.07) is 5.29. The van der Waals surface area contributed by atoms with Crippen LogP contribution in [-0.4, -0.2) is 103 Å². The molecule has 1 heterocycles. The number of nitrogens with zero attached hydrogens (tertiary/aromatic N) is 1. The van der Waals surface area contributed by atoms with Crippen molar-refractivity contribution in [3.63, 3.8) is 0 Å². The van der Waals surface area contributed by atoms with Crippen LogP contribution in [0.25, 0.3) is 6.08 Å². The number of esters is 1. The van der Waals surface area contributed by atoms with E-state index in [2.05, 4.69) is 10.6 Å². The predicted octanol–water partition coefficient (Wildman–Crippen LogP) is -0.641. The van der Waals surface area contributed by atoms with Crippen LogP contribution in [0.15, 0.2) is 42.0 Å². The van der Waals surface area contributed by atoms with Gasteiger partial charge >= 0.3 is 5.97 Å². The molecule has 12 heteroatoms. The largest absolute Gasteiger partial charge is 0.456 e.